The van der Waals surface area contributed by atoms with Gasteiger partial charge in [0.1, 0.15) is 0 Å². The highest BCUT2D eigenvalue weighted by atomic mass is 16.5. The Labute approximate surface area is 116 Å². The van der Waals surface area contributed by atoms with Gasteiger partial charge in [-0.3, -0.25) is 9.69 Å². The predicted molar refractivity (Wildman–Crippen MR) is 72.2 cm³/mol. The van der Waals surface area contributed by atoms with E-state index >= 15 is 0 Å². The maximum Gasteiger partial charge on any atom is 0.312 e. The molecule has 5 nitrogen and oxygen atoms in total. The van der Waals surface area contributed by atoms with Gasteiger partial charge in [0.05, 0.1) is 18.2 Å². The van der Waals surface area contributed by atoms with Crippen molar-refractivity contribution < 1.29 is 14.4 Å². The number of benzene rings is 1. The summed E-state index contributed by atoms with van der Waals surface area (Å²) in [6.07, 6.45) is 0. The molecule has 20 heavy (non-hydrogen) atoms. The van der Waals surface area contributed by atoms with Crippen LogP contribution >= 0.6 is 0 Å². The Morgan fingerprint density at radius 3 is 3.00 bits per heavy atom. The molecule has 0 radical (unpaired) electrons. The van der Waals surface area contributed by atoms with E-state index in [0.29, 0.717) is 13.1 Å². The Kier molecular flexibility index (Phi) is 3.28. The molecule has 0 fully saturated rings. The van der Waals surface area contributed by atoms with Crippen molar-refractivity contribution in [2.75, 3.05) is 6.54 Å². The highest BCUT2D eigenvalue weighted by molar-refractivity contribution is 5.77. The summed E-state index contributed by atoms with van der Waals surface area (Å²) in [7, 11) is 0. The van der Waals surface area contributed by atoms with Crippen LogP contribution in [0.25, 0.3) is 0 Å². The molecule has 1 atom stereocenters. The Hall–Kier alpha value is -2.14. The van der Waals surface area contributed by atoms with Gasteiger partial charge >= 0.3 is 5.97 Å². The molecule has 1 aliphatic rings. The van der Waals surface area contributed by atoms with Crippen molar-refractivity contribution in [3.05, 3.63) is 52.9 Å². The molecule has 1 aliphatic heterocycles. The topological polar surface area (TPSA) is 66.6 Å². The van der Waals surface area contributed by atoms with Crippen molar-refractivity contribution in [3.8, 4) is 0 Å². The van der Waals surface area contributed by atoms with E-state index in [1.807, 2.05) is 37.3 Å². The summed E-state index contributed by atoms with van der Waals surface area (Å²) in [5.74, 6) is -0.495. The molecule has 1 aromatic carbocycles. The minimum atomic E-state index is -0.782. The van der Waals surface area contributed by atoms with Crippen LogP contribution in [0, 0.1) is 6.92 Å². The molecule has 104 valence electrons. The number of fused-ring (bicyclic) bond motifs is 1. The molecule has 2 heterocycles. The first-order chi connectivity index (χ1) is 9.63. The van der Waals surface area contributed by atoms with Crippen LogP contribution in [0.1, 0.15) is 28.5 Å². The van der Waals surface area contributed by atoms with Gasteiger partial charge in [0.25, 0.3) is 0 Å². The van der Waals surface area contributed by atoms with Crippen molar-refractivity contribution in [3.63, 3.8) is 0 Å². The second-order valence-corrected chi connectivity index (χ2v) is 5.19. The van der Waals surface area contributed by atoms with Crippen molar-refractivity contribution >= 4 is 5.97 Å². The van der Waals surface area contributed by atoms with Crippen LogP contribution in [0.2, 0.25) is 0 Å². The lowest BCUT2D eigenvalue weighted by atomic mass is 9.90. The number of aliphatic carboxylic acids is 1. The third kappa shape index (κ3) is 2.44. The number of carbonyl (C=O) groups is 1. The highest BCUT2D eigenvalue weighted by Gasteiger charge is 2.30. The fourth-order valence-electron chi connectivity index (χ4n) is 2.72. The fourth-order valence-corrected chi connectivity index (χ4v) is 2.72. The summed E-state index contributed by atoms with van der Waals surface area (Å²) >= 11 is 0. The van der Waals surface area contributed by atoms with E-state index in [0.717, 1.165) is 29.1 Å². The SMILES string of the molecule is Cc1cc(CN2Cc3ccccc3C(C(=O)O)C2)on1. The molecule has 3 rings (SSSR count). The second-order valence-electron chi connectivity index (χ2n) is 5.19. The van der Waals surface area contributed by atoms with Crippen LogP contribution in [0.15, 0.2) is 34.9 Å². The predicted octanol–water partition coefficient (Wildman–Crippen LogP) is 2.17. The number of aryl methyl sites for hydroxylation is 1. The third-order valence-electron chi connectivity index (χ3n) is 3.62. The normalized spacial score (nSPS) is 18.8. The Bertz CT molecular complexity index is 636. The monoisotopic (exact) mass is 272 g/mol. The average molecular weight is 272 g/mol. The van der Waals surface area contributed by atoms with Gasteiger partial charge in [-0.1, -0.05) is 29.4 Å². The van der Waals surface area contributed by atoms with E-state index in [-0.39, 0.29) is 0 Å². The molecule has 0 saturated carbocycles. The zero-order valence-electron chi connectivity index (χ0n) is 11.2. The van der Waals surface area contributed by atoms with Gasteiger partial charge in [-0.2, -0.15) is 0 Å². The minimum Gasteiger partial charge on any atom is -0.481 e. The largest absolute Gasteiger partial charge is 0.481 e. The molecule has 5 heteroatoms. The first kappa shape index (κ1) is 12.9. The maximum atomic E-state index is 11.5. The Morgan fingerprint density at radius 2 is 2.30 bits per heavy atom. The zero-order valence-corrected chi connectivity index (χ0v) is 11.2. The summed E-state index contributed by atoms with van der Waals surface area (Å²) < 4.78 is 5.21. The number of nitrogens with zero attached hydrogens (tertiary/aromatic N) is 2. The molecular formula is C15H16N2O3. The lowest BCUT2D eigenvalue weighted by Gasteiger charge is -2.31. The van der Waals surface area contributed by atoms with Gasteiger partial charge < -0.3 is 9.63 Å². The summed E-state index contributed by atoms with van der Waals surface area (Å²) in [6, 6.07) is 9.62. The number of hydrogen-bond acceptors (Lipinski definition) is 4. The third-order valence-corrected chi connectivity index (χ3v) is 3.62. The summed E-state index contributed by atoms with van der Waals surface area (Å²) in [5.41, 5.74) is 2.83. The van der Waals surface area contributed by atoms with Crippen LogP contribution in [0.5, 0.6) is 0 Å². The molecular weight excluding hydrogens is 256 g/mol. The number of rotatable bonds is 3. The number of aromatic nitrogens is 1. The number of carboxylic acids is 1. The first-order valence-corrected chi connectivity index (χ1v) is 6.58. The van der Waals surface area contributed by atoms with E-state index < -0.39 is 11.9 Å². The van der Waals surface area contributed by atoms with Crippen LogP contribution < -0.4 is 0 Å². The van der Waals surface area contributed by atoms with Crippen LogP contribution in [-0.4, -0.2) is 27.7 Å². The number of hydrogen-bond donors (Lipinski definition) is 1. The summed E-state index contributed by atoms with van der Waals surface area (Å²) in [5, 5.41) is 13.3. The van der Waals surface area contributed by atoms with E-state index in [4.69, 9.17) is 4.52 Å². The Balaban J connectivity index is 1.84. The average Bonchev–Trinajstić information content (AvgIpc) is 2.83. The standard InChI is InChI=1S/C15H16N2O3/c1-10-6-12(20-16-10)8-17-7-11-4-2-3-5-13(11)14(9-17)15(18)19/h2-6,14H,7-9H2,1H3,(H,18,19). The van der Waals surface area contributed by atoms with Crippen molar-refractivity contribution in [1.82, 2.24) is 10.1 Å². The summed E-state index contributed by atoms with van der Waals surface area (Å²) in [4.78, 5) is 13.5. The van der Waals surface area contributed by atoms with Crippen molar-refractivity contribution in [2.24, 2.45) is 0 Å². The molecule has 1 unspecified atom stereocenters. The van der Waals surface area contributed by atoms with Gasteiger partial charge in [-0.05, 0) is 18.1 Å². The van der Waals surface area contributed by atoms with Gasteiger partial charge in [0.2, 0.25) is 0 Å². The minimum absolute atomic E-state index is 0.482. The smallest absolute Gasteiger partial charge is 0.312 e. The van der Waals surface area contributed by atoms with Crippen LogP contribution in [-0.2, 0) is 17.9 Å². The van der Waals surface area contributed by atoms with Crippen LogP contribution in [0.3, 0.4) is 0 Å². The second kappa shape index (κ2) is 5.09. The molecule has 0 aliphatic carbocycles. The first-order valence-electron chi connectivity index (χ1n) is 6.58. The van der Waals surface area contributed by atoms with Gasteiger partial charge in [-0.15, -0.1) is 0 Å². The lowest BCUT2D eigenvalue weighted by Crippen LogP contribution is -2.36. The molecule has 0 amide bonds. The van der Waals surface area contributed by atoms with E-state index in [1.165, 1.54) is 0 Å². The van der Waals surface area contributed by atoms with Gasteiger partial charge in [0.15, 0.2) is 5.76 Å². The fraction of sp³-hybridized carbons (Fsp3) is 0.333. The van der Waals surface area contributed by atoms with E-state index in [1.54, 1.807) is 0 Å². The van der Waals surface area contributed by atoms with E-state index in [9.17, 15) is 9.90 Å². The Morgan fingerprint density at radius 1 is 1.50 bits per heavy atom. The maximum absolute atomic E-state index is 11.5. The molecule has 2 aromatic rings. The molecule has 0 saturated heterocycles. The lowest BCUT2D eigenvalue weighted by molar-refractivity contribution is -0.139. The van der Waals surface area contributed by atoms with Crippen LogP contribution in [0.4, 0.5) is 0 Å². The number of carboxylic acid groups (broad SMARTS) is 1. The highest BCUT2D eigenvalue weighted by Crippen LogP contribution is 2.29. The zero-order chi connectivity index (χ0) is 14.1. The van der Waals surface area contributed by atoms with Crippen molar-refractivity contribution in [2.45, 2.75) is 25.9 Å². The molecule has 1 N–H and O–H groups in total. The van der Waals surface area contributed by atoms with Crippen molar-refractivity contribution in [1.29, 1.82) is 0 Å². The molecule has 0 bridgehead atoms. The van der Waals surface area contributed by atoms with Gasteiger partial charge in [-0.25, -0.2) is 0 Å². The molecule has 1 aromatic heterocycles. The quantitative estimate of drug-likeness (QED) is 0.927. The summed E-state index contributed by atoms with van der Waals surface area (Å²) in [6.45, 7) is 3.68. The van der Waals surface area contributed by atoms with E-state index in [2.05, 4.69) is 10.1 Å². The van der Waals surface area contributed by atoms with Gasteiger partial charge in [0, 0.05) is 19.2 Å². The molecule has 0 spiro atoms.